The zero-order chi connectivity index (χ0) is 11.4. The molecule has 3 nitrogen and oxygen atoms in total. The molecular weight excluding hydrogens is 265 g/mol. The van der Waals surface area contributed by atoms with Crippen LogP contribution in [0.1, 0.15) is 12.5 Å². The van der Waals surface area contributed by atoms with Crippen molar-refractivity contribution in [3.05, 3.63) is 34.1 Å². The minimum atomic E-state index is -0.906. The fourth-order valence-electron chi connectivity index (χ4n) is 1.01. The van der Waals surface area contributed by atoms with Gasteiger partial charge in [0.2, 0.25) is 0 Å². The Labute approximate surface area is 95.4 Å². The average molecular weight is 276 g/mol. The molecule has 1 rings (SSSR count). The molecule has 0 fully saturated rings. The Morgan fingerprint density at radius 1 is 1.67 bits per heavy atom. The van der Waals surface area contributed by atoms with E-state index in [-0.39, 0.29) is 5.82 Å². The van der Waals surface area contributed by atoms with Crippen molar-refractivity contribution in [3.8, 4) is 0 Å². The van der Waals surface area contributed by atoms with Gasteiger partial charge in [-0.3, -0.25) is 4.79 Å². The van der Waals surface area contributed by atoms with Crippen molar-refractivity contribution in [2.45, 2.75) is 19.5 Å². The summed E-state index contributed by atoms with van der Waals surface area (Å²) in [6, 6.07) is 3.96. The predicted molar refractivity (Wildman–Crippen MR) is 58.0 cm³/mol. The number of halogens is 2. The van der Waals surface area contributed by atoms with Gasteiger partial charge in [0, 0.05) is 6.54 Å². The first-order valence-corrected chi connectivity index (χ1v) is 5.20. The van der Waals surface area contributed by atoms with Gasteiger partial charge in [0.1, 0.15) is 11.9 Å². The largest absolute Gasteiger partial charge is 0.480 e. The van der Waals surface area contributed by atoms with E-state index in [0.717, 1.165) is 5.56 Å². The highest BCUT2D eigenvalue weighted by molar-refractivity contribution is 9.10. The summed E-state index contributed by atoms with van der Waals surface area (Å²) in [7, 11) is 0. The number of carboxylic acids is 1. The Balaban J connectivity index is 2.58. The van der Waals surface area contributed by atoms with Gasteiger partial charge >= 0.3 is 5.97 Å². The topological polar surface area (TPSA) is 49.3 Å². The number of carboxylic acid groups (broad SMARTS) is 1. The third-order valence-electron chi connectivity index (χ3n) is 1.97. The van der Waals surface area contributed by atoms with Gasteiger partial charge in [0.05, 0.1) is 4.47 Å². The SMILES string of the molecule is C[C@@H](NCc1ccc(F)c(Br)c1)C(=O)O. The van der Waals surface area contributed by atoms with Crippen LogP contribution in [0.15, 0.2) is 22.7 Å². The van der Waals surface area contributed by atoms with Crippen LogP contribution in [0, 0.1) is 5.82 Å². The van der Waals surface area contributed by atoms with Crippen LogP contribution in [0.4, 0.5) is 4.39 Å². The lowest BCUT2D eigenvalue weighted by atomic mass is 10.2. The highest BCUT2D eigenvalue weighted by atomic mass is 79.9. The fourth-order valence-corrected chi connectivity index (χ4v) is 1.43. The molecule has 0 amide bonds. The quantitative estimate of drug-likeness (QED) is 0.885. The Bertz CT molecular complexity index is 370. The van der Waals surface area contributed by atoms with E-state index in [9.17, 15) is 9.18 Å². The molecule has 0 heterocycles. The zero-order valence-electron chi connectivity index (χ0n) is 8.13. The first-order valence-electron chi connectivity index (χ1n) is 4.41. The molecule has 2 N–H and O–H groups in total. The average Bonchev–Trinajstić information content (AvgIpc) is 2.19. The van der Waals surface area contributed by atoms with Gasteiger partial charge in [-0.15, -0.1) is 0 Å². The predicted octanol–water partition coefficient (Wildman–Crippen LogP) is 2.15. The molecule has 0 spiro atoms. The van der Waals surface area contributed by atoms with E-state index in [1.54, 1.807) is 19.1 Å². The standard InChI is InChI=1S/C10H11BrFNO2/c1-6(10(14)15)13-5-7-2-3-9(12)8(11)4-7/h2-4,6,13H,5H2,1H3,(H,14,15)/t6-/m1/s1. The van der Waals surface area contributed by atoms with Crippen molar-refractivity contribution in [2.75, 3.05) is 0 Å². The summed E-state index contributed by atoms with van der Waals surface area (Å²) in [5.74, 6) is -1.23. The Kier molecular flexibility index (Phi) is 4.23. The molecule has 0 bridgehead atoms. The van der Waals surface area contributed by atoms with Gasteiger partial charge in [0.25, 0.3) is 0 Å². The summed E-state index contributed by atoms with van der Waals surface area (Å²) >= 11 is 3.06. The lowest BCUT2D eigenvalue weighted by Crippen LogP contribution is -2.33. The minimum Gasteiger partial charge on any atom is -0.480 e. The molecule has 0 aliphatic rings. The number of benzene rings is 1. The number of carbonyl (C=O) groups is 1. The van der Waals surface area contributed by atoms with Crippen LogP contribution in [-0.4, -0.2) is 17.1 Å². The van der Waals surface area contributed by atoms with E-state index in [2.05, 4.69) is 21.2 Å². The highest BCUT2D eigenvalue weighted by Crippen LogP contribution is 2.16. The maximum absolute atomic E-state index is 12.9. The van der Waals surface area contributed by atoms with Crippen molar-refractivity contribution in [2.24, 2.45) is 0 Å². The molecule has 0 aliphatic heterocycles. The Morgan fingerprint density at radius 2 is 2.33 bits per heavy atom. The van der Waals surface area contributed by atoms with Crippen molar-refractivity contribution >= 4 is 21.9 Å². The lowest BCUT2D eigenvalue weighted by Gasteiger charge is -2.09. The van der Waals surface area contributed by atoms with E-state index >= 15 is 0 Å². The van der Waals surface area contributed by atoms with Crippen LogP contribution < -0.4 is 5.32 Å². The smallest absolute Gasteiger partial charge is 0.320 e. The number of nitrogens with one attached hydrogen (secondary N) is 1. The molecule has 1 aromatic carbocycles. The van der Waals surface area contributed by atoms with Crippen LogP contribution in [0.25, 0.3) is 0 Å². The molecule has 0 saturated carbocycles. The number of hydrogen-bond donors (Lipinski definition) is 2. The summed E-state index contributed by atoms with van der Waals surface area (Å²) in [4.78, 5) is 10.5. The van der Waals surface area contributed by atoms with Crippen LogP contribution >= 0.6 is 15.9 Å². The maximum atomic E-state index is 12.9. The summed E-state index contributed by atoms with van der Waals surface area (Å²) < 4.78 is 13.2. The van der Waals surface area contributed by atoms with Gasteiger partial charge in [-0.2, -0.15) is 0 Å². The van der Waals surface area contributed by atoms with Crippen molar-refractivity contribution in [1.29, 1.82) is 0 Å². The molecule has 0 aromatic heterocycles. The van der Waals surface area contributed by atoms with Crippen LogP contribution in [0.3, 0.4) is 0 Å². The van der Waals surface area contributed by atoms with Gasteiger partial charge in [0.15, 0.2) is 0 Å². The molecule has 1 atom stereocenters. The molecular formula is C10H11BrFNO2. The summed E-state index contributed by atoms with van der Waals surface area (Å²) in [6.45, 7) is 1.95. The normalized spacial score (nSPS) is 12.5. The van der Waals surface area contributed by atoms with Crippen molar-refractivity contribution in [3.63, 3.8) is 0 Å². The zero-order valence-corrected chi connectivity index (χ0v) is 9.71. The lowest BCUT2D eigenvalue weighted by molar-refractivity contribution is -0.139. The summed E-state index contributed by atoms with van der Waals surface area (Å²) in [6.07, 6.45) is 0. The second-order valence-corrected chi connectivity index (χ2v) is 4.04. The van der Waals surface area contributed by atoms with Crippen molar-refractivity contribution in [1.82, 2.24) is 5.32 Å². The second kappa shape index (κ2) is 5.23. The highest BCUT2D eigenvalue weighted by Gasteiger charge is 2.09. The molecule has 5 heteroatoms. The molecule has 82 valence electrons. The third-order valence-corrected chi connectivity index (χ3v) is 2.57. The number of aliphatic carboxylic acids is 1. The van der Waals surface area contributed by atoms with E-state index in [1.165, 1.54) is 6.07 Å². The first kappa shape index (κ1) is 12.1. The van der Waals surface area contributed by atoms with E-state index in [4.69, 9.17) is 5.11 Å². The van der Waals surface area contributed by atoms with Gasteiger partial charge in [-0.05, 0) is 40.5 Å². The summed E-state index contributed by atoms with van der Waals surface area (Å²) in [5, 5.41) is 11.4. The molecule has 0 saturated heterocycles. The van der Waals surface area contributed by atoms with Gasteiger partial charge in [-0.25, -0.2) is 4.39 Å². The Hall–Kier alpha value is -0.940. The van der Waals surface area contributed by atoms with Gasteiger partial charge < -0.3 is 10.4 Å². The summed E-state index contributed by atoms with van der Waals surface area (Å²) in [5.41, 5.74) is 0.830. The van der Waals surface area contributed by atoms with E-state index < -0.39 is 12.0 Å². The molecule has 1 aromatic rings. The van der Waals surface area contributed by atoms with Crippen LogP contribution in [0.5, 0.6) is 0 Å². The molecule has 15 heavy (non-hydrogen) atoms. The third kappa shape index (κ3) is 3.60. The van der Waals surface area contributed by atoms with E-state index in [0.29, 0.717) is 11.0 Å². The number of rotatable bonds is 4. The minimum absolute atomic E-state index is 0.329. The molecule has 0 radical (unpaired) electrons. The maximum Gasteiger partial charge on any atom is 0.320 e. The second-order valence-electron chi connectivity index (χ2n) is 3.19. The van der Waals surface area contributed by atoms with Crippen molar-refractivity contribution < 1.29 is 14.3 Å². The number of hydrogen-bond acceptors (Lipinski definition) is 2. The van der Waals surface area contributed by atoms with E-state index in [1.807, 2.05) is 0 Å². The van der Waals surface area contributed by atoms with Crippen LogP contribution in [0.2, 0.25) is 0 Å². The van der Waals surface area contributed by atoms with Crippen LogP contribution in [-0.2, 0) is 11.3 Å². The monoisotopic (exact) mass is 275 g/mol. The first-order chi connectivity index (χ1) is 7.00. The Morgan fingerprint density at radius 3 is 2.87 bits per heavy atom. The van der Waals surface area contributed by atoms with Gasteiger partial charge in [-0.1, -0.05) is 6.07 Å². The molecule has 0 unspecified atom stereocenters. The fraction of sp³-hybridized carbons (Fsp3) is 0.300. The molecule has 0 aliphatic carbocycles.